The van der Waals surface area contributed by atoms with Gasteiger partial charge in [-0.3, -0.25) is 34.2 Å². The average molecular weight is 664 g/mol. The summed E-state index contributed by atoms with van der Waals surface area (Å²) in [6, 6.07) is 11.0. The van der Waals surface area contributed by atoms with Gasteiger partial charge in [0.05, 0.1) is 16.9 Å². The van der Waals surface area contributed by atoms with Crippen molar-refractivity contribution >= 4 is 65.9 Å². The number of esters is 1. The number of ether oxygens (including phenoxy) is 1. The summed E-state index contributed by atoms with van der Waals surface area (Å²) in [6.45, 7) is 11.4. The Balaban J connectivity index is 1.73. The lowest BCUT2D eigenvalue weighted by molar-refractivity contribution is -0.384. The summed E-state index contributed by atoms with van der Waals surface area (Å²) < 4.78 is 16.3. The molecule has 3 amide bonds. The fourth-order valence-electron chi connectivity index (χ4n) is 3.87. The molecule has 236 valence electrons. The zero-order chi connectivity index (χ0) is 33.0. The molecule has 1 aliphatic rings. The average Bonchev–Trinajstić information content (AvgIpc) is 2.94. The maximum Gasteiger partial charge on any atom is 0.397 e. The Hall–Kier alpha value is -3.73. The summed E-state index contributed by atoms with van der Waals surface area (Å²) in [4.78, 5) is 74.2. The second-order valence-electron chi connectivity index (χ2n) is 11.4. The van der Waals surface area contributed by atoms with Crippen molar-refractivity contribution in [2.45, 2.75) is 63.9 Å². The number of rotatable bonds is 10. The topological polar surface area (TPSA) is 185 Å². The minimum atomic E-state index is -2.36. The minimum Gasteiger partial charge on any atom is -0.454 e. The van der Waals surface area contributed by atoms with Gasteiger partial charge < -0.3 is 19.1 Å². The van der Waals surface area contributed by atoms with Gasteiger partial charge in [0.1, 0.15) is 29.8 Å². The number of benzene rings is 2. The van der Waals surface area contributed by atoms with Crippen LogP contribution in [-0.2, 0) is 30.2 Å². The van der Waals surface area contributed by atoms with Crippen LogP contribution < -0.4 is 9.92 Å². The number of likely N-dealkylation sites (tertiary alicyclic amines) is 1. The van der Waals surface area contributed by atoms with Crippen molar-refractivity contribution in [3.8, 4) is 5.75 Å². The number of nitrogens with two attached hydrogens (primary N) is 1. The first-order valence-corrected chi connectivity index (χ1v) is 17.9. The summed E-state index contributed by atoms with van der Waals surface area (Å²) >= 11 is 1.08. The van der Waals surface area contributed by atoms with E-state index in [2.05, 4.69) is 0 Å². The predicted octanol–water partition coefficient (Wildman–Crippen LogP) is 5.04. The van der Waals surface area contributed by atoms with Crippen LogP contribution in [0.2, 0.25) is 18.1 Å². The number of amides is 3. The van der Waals surface area contributed by atoms with E-state index in [1.807, 2.05) is 33.9 Å². The van der Waals surface area contributed by atoms with E-state index in [4.69, 9.17) is 19.1 Å². The van der Waals surface area contributed by atoms with Crippen LogP contribution in [0.1, 0.15) is 43.6 Å². The summed E-state index contributed by atoms with van der Waals surface area (Å²) in [5, 5.41) is 9.58. The van der Waals surface area contributed by atoms with Gasteiger partial charge in [0.2, 0.25) is 11.8 Å². The molecule has 2 unspecified atom stereocenters. The quantitative estimate of drug-likeness (QED) is 0.0680. The molecule has 0 spiro atoms. The van der Waals surface area contributed by atoms with Gasteiger partial charge in [-0.05, 0) is 78.8 Å². The molecule has 0 aromatic heterocycles. The number of hydrogen-bond donors (Lipinski definition) is 1. The van der Waals surface area contributed by atoms with Gasteiger partial charge in [0.15, 0.2) is 8.32 Å². The molecule has 0 aliphatic carbocycles. The zero-order valence-electron chi connectivity index (χ0n) is 24.9. The Morgan fingerprint density at radius 3 is 2.18 bits per heavy atom. The Labute approximate surface area is 263 Å². The molecule has 0 bridgehead atoms. The Bertz CT molecular complexity index is 1450. The van der Waals surface area contributed by atoms with Gasteiger partial charge in [0, 0.05) is 17.7 Å². The lowest BCUT2D eigenvalue weighted by Crippen LogP contribution is -2.67. The van der Waals surface area contributed by atoms with Crippen LogP contribution in [0.5, 0.6) is 5.75 Å². The third-order valence-corrected chi connectivity index (χ3v) is 13.8. The fraction of sp³-hybridized carbons (Fsp3) is 0.393. The number of thioether (sulfide) groups is 1. The molecule has 1 aliphatic heterocycles. The SMILES string of the molecule is C[C@H](O[Si](C)(C)C(C)(C)C)C1C(=O)N(C(=O)C(=O)OCc2ccc([N+](=O)[O-])cc2)C1SC(=O)SOc1ccc(C(N)=O)cc1. The van der Waals surface area contributed by atoms with E-state index in [-0.39, 0.29) is 28.6 Å². The molecule has 2 aromatic carbocycles. The monoisotopic (exact) mass is 663 g/mol. The molecule has 13 nitrogen and oxygen atoms in total. The first kappa shape index (κ1) is 34.8. The molecule has 3 rings (SSSR count). The van der Waals surface area contributed by atoms with Crippen molar-refractivity contribution in [1.29, 1.82) is 0 Å². The highest BCUT2D eigenvalue weighted by Crippen LogP contribution is 2.44. The van der Waals surface area contributed by atoms with Crippen LogP contribution in [0.25, 0.3) is 0 Å². The molecule has 44 heavy (non-hydrogen) atoms. The first-order chi connectivity index (χ1) is 20.4. The molecule has 16 heteroatoms. The number of carbonyl (C=O) groups excluding carboxylic acids is 5. The van der Waals surface area contributed by atoms with Crippen molar-refractivity contribution in [3.63, 3.8) is 0 Å². The Morgan fingerprint density at radius 1 is 1.07 bits per heavy atom. The molecule has 2 aromatic rings. The van der Waals surface area contributed by atoms with Crippen molar-refractivity contribution < 1.29 is 42.2 Å². The second-order valence-corrected chi connectivity index (χ2v) is 18.2. The number of nitro benzene ring substituents is 1. The van der Waals surface area contributed by atoms with E-state index >= 15 is 0 Å². The third-order valence-electron chi connectivity index (χ3n) is 7.35. The van der Waals surface area contributed by atoms with E-state index in [9.17, 15) is 34.1 Å². The maximum absolute atomic E-state index is 13.3. The van der Waals surface area contributed by atoms with Gasteiger partial charge in [-0.15, -0.1) is 0 Å². The van der Waals surface area contributed by atoms with E-state index in [0.29, 0.717) is 34.3 Å². The van der Waals surface area contributed by atoms with Gasteiger partial charge in [-0.1, -0.05) is 20.8 Å². The number of nitrogens with zero attached hydrogens (tertiary/aromatic N) is 2. The standard InChI is InChI=1S/C28H33N3O10S2Si/c1-16(41-44(5,6)28(2,3)4)21-23(33)30(24(34)26(35)39-15-17-7-11-19(12-8-17)31(37)38)25(21)42-27(36)43-40-20-13-9-18(10-14-20)22(29)32/h7-14,16,21,25H,15H2,1-6H3,(H2,29,32)/t16-,21?,25?/m0/s1. The fourth-order valence-corrected chi connectivity index (χ4v) is 7.12. The van der Waals surface area contributed by atoms with E-state index in [1.165, 1.54) is 48.5 Å². The number of nitro groups is 1. The van der Waals surface area contributed by atoms with Crippen molar-refractivity contribution in [3.05, 3.63) is 69.8 Å². The third kappa shape index (κ3) is 8.25. The van der Waals surface area contributed by atoms with Crippen LogP contribution in [0, 0.1) is 16.0 Å². The number of carbonyl (C=O) groups is 5. The highest BCUT2D eigenvalue weighted by atomic mass is 32.2. The van der Waals surface area contributed by atoms with Crippen molar-refractivity contribution in [2.75, 3.05) is 0 Å². The molecular formula is C28H33N3O10S2Si. The lowest BCUT2D eigenvalue weighted by atomic mass is 9.92. The molecular weight excluding hydrogens is 631 g/mol. The van der Waals surface area contributed by atoms with E-state index in [1.54, 1.807) is 6.92 Å². The van der Waals surface area contributed by atoms with Crippen molar-refractivity contribution in [2.24, 2.45) is 11.7 Å². The van der Waals surface area contributed by atoms with Crippen LogP contribution in [-0.4, -0.2) is 57.8 Å². The largest absolute Gasteiger partial charge is 0.454 e. The molecule has 0 radical (unpaired) electrons. The highest BCUT2D eigenvalue weighted by Gasteiger charge is 2.57. The lowest BCUT2D eigenvalue weighted by Gasteiger charge is -2.48. The summed E-state index contributed by atoms with van der Waals surface area (Å²) in [6.07, 6.45) is -0.680. The molecule has 1 fully saturated rings. The van der Waals surface area contributed by atoms with Gasteiger partial charge >= 0.3 is 11.9 Å². The number of imide groups is 1. The van der Waals surface area contributed by atoms with Crippen LogP contribution >= 0.6 is 23.8 Å². The van der Waals surface area contributed by atoms with E-state index < -0.39 is 58.8 Å². The molecule has 2 N–H and O–H groups in total. The summed E-state index contributed by atoms with van der Waals surface area (Å²) in [7, 11) is -2.36. The molecule has 0 saturated carbocycles. The van der Waals surface area contributed by atoms with Crippen molar-refractivity contribution in [1.82, 2.24) is 4.90 Å². The highest BCUT2D eigenvalue weighted by molar-refractivity contribution is 8.37. The summed E-state index contributed by atoms with van der Waals surface area (Å²) in [5.41, 5.74) is 5.72. The second kappa shape index (κ2) is 13.9. The molecule has 1 heterocycles. The van der Waals surface area contributed by atoms with Gasteiger partial charge in [0.25, 0.3) is 10.1 Å². The summed E-state index contributed by atoms with van der Waals surface area (Å²) in [5.74, 6) is -4.56. The van der Waals surface area contributed by atoms with E-state index in [0.717, 1.165) is 0 Å². The Kier molecular flexibility index (Phi) is 11.0. The number of non-ortho nitro benzene ring substituents is 1. The van der Waals surface area contributed by atoms with Crippen LogP contribution in [0.15, 0.2) is 48.5 Å². The van der Waals surface area contributed by atoms with Gasteiger partial charge in [-0.2, -0.15) is 0 Å². The normalized spacial score (nSPS) is 17.3. The number of hydrogen-bond acceptors (Lipinski definition) is 12. The zero-order valence-corrected chi connectivity index (χ0v) is 27.6. The molecule has 1 saturated heterocycles. The minimum absolute atomic E-state index is 0.156. The maximum atomic E-state index is 13.3. The smallest absolute Gasteiger partial charge is 0.397 e. The van der Waals surface area contributed by atoms with Gasteiger partial charge in [-0.25, -0.2) is 4.79 Å². The van der Waals surface area contributed by atoms with Crippen LogP contribution in [0.3, 0.4) is 0 Å². The molecule has 3 atom stereocenters. The Morgan fingerprint density at radius 2 is 1.66 bits per heavy atom. The predicted molar refractivity (Wildman–Crippen MR) is 166 cm³/mol. The van der Waals surface area contributed by atoms with Crippen LogP contribution in [0.4, 0.5) is 10.5 Å². The number of primary amides is 1. The number of β-lactam (4-membered cyclic amide) rings is 1. The first-order valence-electron chi connectivity index (χ1n) is 13.3.